The van der Waals surface area contributed by atoms with Gasteiger partial charge in [0.15, 0.2) is 0 Å². The first-order valence-corrected chi connectivity index (χ1v) is 15.2. The molecule has 0 aromatic heterocycles. The third kappa shape index (κ3) is 7.91. The van der Waals surface area contributed by atoms with Gasteiger partial charge in [0, 0.05) is 22.0 Å². The molecule has 0 saturated heterocycles. The van der Waals surface area contributed by atoms with E-state index in [1.807, 2.05) is 38.1 Å². The molecule has 0 heterocycles. The zero-order valence-electron chi connectivity index (χ0n) is 21.5. The van der Waals surface area contributed by atoms with E-state index >= 15 is 0 Å². The molecule has 3 aromatic rings. The topological polar surface area (TPSA) is 86.8 Å². The van der Waals surface area contributed by atoms with E-state index in [9.17, 15) is 18.0 Å². The predicted octanol–water partition coefficient (Wildman–Crippen LogP) is 5.60. The third-order valence-corrected chi connectivity index (χ3v) is 8.63. The molecular weight excluding hydrogens is 634 g/mol. The predicted molar refractivity (Wildman–Crippen MR) is 157 cm³/mol. The summed E-state index contributed by atoms with van der Waals surface area (Å²) in [6.45, 7) is 5.75. The number of sulfonamides is 1. The van der Waals surface area contributed by atoms with Crippen LogP contribution in [0.15, 0.2) is 92.7 Å². The van der Waals surface area contributed by atoms with Gasteiger partial charge in [0.2, 0.25) is 11.8 Å². The van der Waals surface area contributed by atoms with Crippen molar-refractivity contribution < 1.29 is 18.0 Å². The minimum Gasteiger partial charge on any atom is -0.354 e. The first-order valence-electron chi connectivity index (χ1n) is 12.1. The van der Waals surface area contributed by atoms with Crippen LogP contribution in [-0.2, 0) is 26.2 Å². The molecule has 3 aromatic carbocycles. The van der Waals surface area contributed by atoms with Crippen molar-refractivity contribution in [2.75, 3.05) is 17.4 Å². The molecule has 3 rings (SSSR count). The van der Waals surface area contributed by atoms with Gasteiger partial charge in [-0.15, -0.1) is 0 Å². The number of anilines is 1. The maximum Gasteiger partial charge on any atom is 0.264 e. The summed E-state index contributed by atoms with van der Waals surface area (Å²) in [5.41, 5.74) is 1.14. The summed E-state index contributed by atoms with van der Waals surface area (Å²) in [4.78, 5) is 28.4. The van der Waals surface area contributed by atoms with Crippen LogP contribution in [0.5, 0.6) is 0 Å². The van der Waals surface area contributed by atoms with Gasteiger partial charge in [0.25, 0.3) is 10.0 Å². The Bertz CT molecular complexity index is 1350. The summed E-state index contributed by atoms with van der Waals surface area (Å²) in [6, 6.07) is 21.3. The van der Waals surface area contributed by atoms with Gasteiger partial charge in [0.1, 0.15) is 12.6 Å². The second-order valence-corrected chi connectivity index (χ2v) is 13.0. The Morgan fingerprint density at radius 3 is 2.13 bits per heavy atom. The number of carbonyl (C=O) groups excluding carboxylic acids is 2. The first kappa shape index (κ1) is 29.9. The van der Waals surface area contributed by atoms with Crippen molar-refractivity contribution in [1.29, 1.82) is 0 Å². The number of rotatable bonds is 11. The van der Waals surface area contributed by atoms with E-state index in [1.165, 1.54) is 17.0 Å². The molecule has 0 aliphatic carbocycles. The van der Waals surface area contributed by atoms with Crippen molar-refractivity contribution in [3.8, 4) is 0 Å². The van der Waals surface area contributed by atoms with Gasteiger partial charge in [-0.25, -0.2) is 8.42 Å². The Morgan fingerprint density at radius 2 is 1.53 bits per heavy atom. The Balaban J connectivity index is 1.99. The van der Waals surface area contributed by atoms with Gasteiger partial charge < -0.3 is 10.2 Å². The molecule has 0 fully saturated rings. The largest absolute Gasteiger partial charge is 0.354 e. The standard InChI is InChI=1S/C28H31Br2N3O4S/c1-20(2)17-31-28(35)21(3)32(18-22-12-14-23(29)15-13-22)27(34)19-33(25-9-7-8-24(30)16-25)38(36,37)26-10-5-4-6-11-26/h4-16,20-21H,17-19H2,1-3H3,(H,31,35)/t21-/m1/s1. The lowest BCUT2D eigenvalue weighted by atomic mass is 10.1. The number of amides is 2. The molecule has 1 atom stereocenters. The van der Waals surface area contributed by atoms with Crippen molar-refractivity contribution in [3.05, 3.63) is 93.4 Å². The van der Waals surface area contributed by atoms with Crippen LogP contribution in [0.2, 0.25) is 0 Å². The Kier molecular flexibility index (Phi) is 10.5. The number of hydrogen-bond acceptors (Lipinski definition) is 4. The van der Waals surface area contributed by atoms with Crippen LogP contribution >= 0.6 is 31.9 Å². The summed E-state index contributed by atoms with van der Waals surface area (Å²) >= 11 is 6.81. The quantitative estimate of drug-likeness (QED) is 0.289. The number of benzene rings is 3. The van der Waals surface area contributed by atoms with Gasteiger partial charge in [0.05, 0.1) is 10.6 Å². The number of carbonyl (C=O) groups is 2. The molecule has 7 nitrogen and oxygen atoms in total. The highest BCUT2D eigenvalue weighted by Gasteiger charge is 2.32. The fourth-order valence-corrected chi connectivity index (χ4v) is 5.78. The van der Waals surface area contributed by atoms with E-state index in [1.54, 1.807) is 49.4 Å². The van der Waals surface area contributed by atoms with Crippen LogP contribution in [0.3, 0.4) is 0 Å². The number of nitrogens with one attached hydrogen (secondary N) is 1. The Hall–Kier alpha value is -2.69. The van der Waals surface area contributed by atoms with Gasteiger partial charge in [-0.1, -0.05) is 82.1 Å². The zero-order chi connectivity index (χ0) is 27.9. The van der Waals surface area contributed by atoms with Crippen LogP contribution in [-0.4, -0.2) is 44.3 Å². The van der Waals surface area contributed by atoms with Gasteiger partial charge >= 0.3 is 0 Å². The van der Waals surface area contributed by atoms with E-state index in [4.69, 9.17) is 0 Å². The number of hydrogen-bond donors (Lipinski definition) is 1. The van der Waals surface area contributed by atoms with Gasteiger partial charge in [-0.3, -0.25) is 13.9 Å². The van der Waals surface area contributed by atoms with Crippen LogP contribution in [0.4, 0.5) is 5.69 Å². The first-order chi connectivity index (χ1) is 18.0. The number of nitrogens with zero attached hydrogens (tertiary/aromatic N) is 2. The molecule has 202 valence electrons. The molecule has 1 N–H and O–H groups in total. The highest BCUT2D eigenvalue weighted by atomic mass is 79.9. The fraction of sp³-hybridized carbons (Fsp3) is 0.286. The molecule has 0 spiro atoms. The monoisotopic (exact) mass is 663 g/mol. The highest BCUT2D eigenvalue weighted by Crippen LogP contribution is 2.27. The van der Waals surface area contributed by atoms with Crippen LogP contribution in [0.25, 0.3) is 0 Å². The average Bonchev–Trinajstić information content (AvgIpc) is 2.89. The molecule has 0 saturated carbocycles. The minimum absolute atomic E-state index is 0.0648. The molecule has 2 amide bonds. The summed E-state index contributed by atoms with van der Waals surface area (Å²) in [6.07, 6.45) is 0. The lowest BCUT2D eigenvalue weighted by Crippen LogP contribution is -2.51. The Morgan fingerprint density at radius 1 is 0.868 bits per heavy atom. The molecule has 0 bridgehead atoms. The van der Waals surface area contributed by atoms with E-state index < -0.39 is 28.5 Å². The number of halogens is 2. The second kappa shape index (κ2) is 13.4. The summed E-state index contributed by atoms with van der Waals surface area (Å²) in [7, 11) is -4.09. The van der Waals surface area contributed by atoms with Crippen molar-refractivity contribution >= 4 is 59.4 Å². The van der Waals surface area contributed by atoms with E-state index in [-0.39, 0.29) is 23.3 Å². The second-order valence-electron chi connectivity index (χ2n) is 9.27. The third-order valence-electron chi connectivity index (χ3n) is 5.82. The smallest absolute Gasteiger partial charge is 0.264 e. The molecular formula is C28H31Br2N3O4S. The summed E-state index contributed by atoms with van der Waals surface area (Å²) in [5.74, 6) is -0.562. The lowest BCUT2D eigenvalue weighted by Gasteiger charge is -2.32. The van der Waals surface area contributed by atoms with Crippen molar-refractivity contribution in [1.82, 2.24) is 10.2 Å². The van der Waals surface area contributed by atoms with Crippen molar-refractivity contribution in [2.24, 2.45) is 5.92 Å². The summed E-state index contributed by atoms with van der Waals surface area (Å²) in [5, 5.41) is 2.88. The molecule has 0 aliphatic rings. The minimum atomic E-state index is -4.09. The normalized spacial score (nSPS) is 12.2. The zero-order valence-corrected chi connectivity index (χ0v) is 25.5. The van der Waals surface area contributed by atoms with E-state index in [0.717, 1.165) is 14.3 Å². The molecule has 10 heteroatoms. The fourth-order valence-electron chi connectivity index (χ4n) is 3.70. The molecule has 38 heavy (non-hydrogen) atoms. The molecule has 0 unspecified atom stereocenters. The highest BCUT2D eigenvalue weighted by molar-refractivity contribution is 9.10. The SMILES string of the molecule is CC(C)CNC(=O)[C@@H](C)N(Cc1ccc(Br)cc1)C(=O)CN(c1cccc(Br)c1)S(=O)(=O)c1ccccc1. The molecule has 0 aliphatic heterocycles. The van der Waals surface area contributed by atoms with Gasteiger partial charge in [-0.2, -0.15) is 0 Å². The lowest BCUT2D eigenvalue weighted by molar-refractivity contribution is -0.139. The van der Waals surface area contributed by atoms with Crippen LogP contribution in [0, 0.1) is 5.92 Å². The van der Waals surface area contributed by atoms with Crippen LogP contribution in [0.1, 0.15) is 26.3 Å². The average molecular weight is 665 g/mol. The Labute approximate surface area is 241 Å². The van der Waals surface area contributed by atoms with Crippen LogP contribution < -0.4 is 9.62 Å². The van der Waals surface area contributed by atoms with Crippen molar-refractivity contribution in [3.63, 3.8) is 0 Å². The molecule has 0 radical (unpaired) electrons. The van der Waals surface area contributed by atoms with E-state index in [2.05, 4.69) is 37.2 Å². The maximum atomic E-state index is 13.9. The van der Waals surface area contributed by atoms with Crippen molar-refractivity contribution in [2.45, 2.75) is 38.3 Å². The maximum absolute atomic E-state index is 13.9. The van der Waals surface area contributed by atoms with E-state index in [0.29, 0.717) is 16.7 Å². The van der Waals surface area contributed by atoms with Gasteiger partial charge in [-0.05, 0) is 60.9 Å². The summed E-state index contributed by atoms with van der Waals surface area (Å²) < 4.78 is 30.1.